The fourth-order valence-electron chi connectivity index (χ4n) is 1.70. The first-order valence-electron chi connectivity index (χ1n) is 7.28. The molecule has 2 aromatic rings. The number of carbonyl (C=O) groups is 2. The fourth-order valence-corrected chi connectivity index (χ4v) is 2.31. The zero-order valence-electron chi connectivity index (χ0n) is 13.2. The molecule has 1 aromatic heterocycles. The lowest BCUT2D eigenvalue weighted by Crippen LogP contribution is -2.17. The van der Waals surface area contributed by atoms with Crippen LogP contribution in [0.5, 0.6) is 5.75 Å². The number of nitrogens with zero attached hydrogens (tertiary/aromatic N) is 1. The van der Waals surface area contributed by atoms with Crippen LogP contribution in [0.15, 0.2) is 40.9 Å². The van der Waals surface area contributed by atoms with Crippen molar-refractivity contribution in [1.29, 1.82) is 0 Å². The van der Waals surface area contributed by atoms with E-state index < -0.39 is 0 Å². The molecule has 0 atom stereocenters. The number of benzene rings is 1. The largest absolute Gasteiger partial charge is 0.490 e. The number of aromatic nitrogens is 1. The van der Waals surface area contributed by atoms with Crippen LogP contribution in [0, 0.1) is 6.92 Å². The number of thioether (sulfide) groups is 1. The van der Waals surface area contributed by atoms with Crippen LogP contribution in [-0.2, 0) is 14.3 Å². The summed E-state index contributed by atoms with van der Waals surface area (Å²) in [4.78, 5) is 23.2. The molecule has 0 spiro atoms. The summed E-state index contributed by atoms with van der Waals surface area (Å²) in [6, 6.07) is 10.9. The summed E-state index contributed by atoms with van der Waals surface area (Å²) in [7, 11) is 0. The second-order valence-corrected chi connectivity index (χ2v) is 5.73. The molecule has 2 rings (SSSR count). The predicted molar refractivity (Wildman–Crippen MR) is 90.1 cm³/mol. The van der Waals surface area contributed by atoms with E-state index in [1.54, 1.807) is 13.0 Å². The zero-order chi connectivity index (χ0) is 17.2. The smallest absolute Gasteiger partial charge is 0.316 e. The van der Waals surface area contributed by atoms with Gasteiger partial charge in [0.15, 0.2) is 5.82 Å². The second kappa shape index (κ2) is 9.61. The molecule has 1 aromatic carbocycles. The average molecular weight is 350 g/mol. The van der Waals surface area contributed by atoms with E-state index in [1.807, 2.05) is 30.3 Å². The van der Waals surface area contributed by atoms with Gasteiger partial charge in [-0.05, 0) is 19.1 Å². The Bertz CT molecular complexity index is 659. The summed E-state index contributed by atoms with van der Waals surface area (Å²) < 4.78 is 15.3. The molecule has 0 saturated heterocycles. The van der Waals surface area contributed by atoms with Crippen molar-refractivity contribution in [3.8, 4) is 5.75 Å². The van der Waals surface area contributed by atoms with Crippen LogP contribution < -0.4 is 10.1 Å². The van der Waals surface area contributed by atoms with Crippen LogP contribution in [0.1, 0.15) is 5.76 Å². The molecular formula is C16H18N2O5S. The van der Waals surface area contributed by atoms with E-state index in [-0.39, 0.29) is 36.6 Å². The minimum Gasteiger partial charge on any atom is -0.490 e. The summed E-state index contributed by atoms with van der Waals surface area (Å²) in [6.45, 7) is 2.18. The lowest BCUT2D eigenvalue weighted by Gasteiger charge is -2.07. The van der Waals surface area contributed by atoms with Crippen molar-refractivity contribution in [3.05, 3.63) is 42.2 Å². The van der Waals surface area contributed by atoms with Gasteiger partial charge in [0.25, 0.3) is 0 Å². The molecule has 0 saturated carbocycles. The predicted octanol–water partition coefficient (Wildman–Crippen LogP) is 2.28. The number of esters is 1. The number of carbonyl (C=O) groups excluding carboxylic acids is 2. The van der Waals surface area contributed by atoms with Gasteiger partial charge in [0, 0.05) is 6.07 Å². The quantitative estimate of drug-likeness (QED) is 0.548. The third-order valence-electron chi connectivity index (χ3n) is 2.71. The Kier molecular flexibility index (Phi) is 7.16. The molecule has 0 fully saturated rings. The second-order valence-electron chi connectivity index (χ2n) is 4.75. The number of hydrogen-bond donors (Lipinski definition) is 1. The minimum absolute atomic E-state index is 0.0938. The molecule has 1 heterocycles. The Morgan fingerprint density at radius 3 is 2.71 bits per heavy atom. The Hall–Kier alpha value is -2.48. The third-order valence-corrected chi connectivity index (χ3v) is 3.61. The van der Waals surface area contributed by atoms with Gasteiger partial charge in [-0.2, -0.15) is 0 Å². The standard InChI is InChI=1S/C16H18N2O5S/c1-12-9-14(18-23-12)17-15(19)10-24-11-16(20)22-8-7-21-13-5-3-2-4-6-13/h2-6,9H,7-8,10-11H2,1H3,(H,17,18,19). The number of amides is 1. The van der Waals surface area contributed by atoms with E-state index in [0.29, 0.717) is 11.6 Å². The number of nitrogens with one attached hydrogen (secondary N) is 1. The maximum absolute atomic E-state index is 11.6. The maximum Gasteiger partial charge on any atom is 0.316 e. The van der Waals surface area contributed by atoms with Gasteiger partial charge >= 0.3 is 5.97 Å². The minimum atomic E-state index is -0.387. The van der Waals surface area contributed by atoms with E-state index in [1.165, 1.54) is 0 Å². The zero-order valence-corrected chi connectivity index (χ0v) is 14.0. The molecule has 0 radical (unpaired) electrons. The number of hydrogen-bond acceptors (Lipinski definition) is 7. The van der Waals surface area contributed by atoms with Crippen molar-refractivity contribution in [2.75, 3.05) is 30.0 Å². The number of para-hydroxylation sites is 1. The highest BCUT2D eigenvalue weighted by atomic mass is 32.2. The van der Waals surface area contributed by atoms with Crippen LogP contribution in [0.25, 0.3) is 0 Å². The Morgan fingerprint density at radius 2 is 2.00 bits per heavy atom. The Balaban J connectivity index is 1.52. The van der Waals surface area contributed by atoms with Gasteiger partial charge in [0.05, 0.1) is 11.5 Å². The van der Waals surface area contributed by atoms with Crippen molar-refractivity contribution in [3.63, 3.8) is 0 Å². The van der Waals surface area contributed by atoms with Crippen LogP contribution >= 0.6 is 11.8 Å². The average Bonchev–Trinajstić information content (AvgIpc) is 2.97. The Morgan fingerprint density at radius 1 is 1.21 bits per heavy atom. The van der Waals surface area contributed by atoms with E-state index >= 15 is 0 Å². The molecule has 0 aliphatic heterocycles. The highest BCUT2D eigenvalue weighted by molar-refractivity contribution is 8.00. The summed E-state index contributed by atoms with van der Waals surface area (Å²) >= 11 is 1.16. The molecule has 1 N–H and O–H groups in total. The first-order chi connectivity index (χ1) is 11.6. The molecule has 128 valence electrons. The van der Waals surface area contributed by atoms with Gasteiger partial charge < -0.3 is 19.3 Å². The molecule has 0 unspecified atom stereocenters. The molecule has 0 aliphatic carbocycles. The van der Waals surface area contributed by atoms with E-state index in [9.17, 15) is 9.59 Å². The first-order valence-corrected chi connectivity index (χ1v) is 8.43. The monoisotopic (exact) mass is 350 g/mol. The van der Waals surface area contributed by atoms with E-state index in [4.69, 9.17) is 14.0 Å². The van der Waals surface area contributed by atoms with Gasteiger partial charge in [-0.3, -0.25) is 9.59 Å². The fraction of sp³-hybridized carbons (Fsp3) is 0.312. The van der Waals surface area contributed by atoms with Gasteiger partial charge in [-0.1, -0.05) is 23.4 Å². The third kappa shape index (κ3) is 6.74. The maximum atomic E-state index is 11.6. The molecule has 7 nitrogen and oxygen atoms in total. The van der Waals surface area contributed by atoms with Crippen LogP contribution in [0.3, 0.4) is 0 Å². The highest BCUT2D eigenvalue weighted by Gasteiger charge is 2.09. The van der Waals surface area contributed by atoms with Gasteiger partial charge in [-0.15, -0.1) is 11.8 Å². The van der Waals surface area contributed by atoms with Gasteiger partial charge in [0.1, 0.15) is 24.7 Å². The van der Waals surface area contributed by atoms with Crippen molar-refractivity contribution in [2.45, 2.75) is 6.92 Å². The van der Waals surface area contributed by atoms with Crippen molar-refractivity contribution < 1.29 is 23.6 Å². The lowest BCUT2D eigenvalue weighted by molar-refractivity contribution is -0.141. The van der Waals surface area contributed by atoms with Crippen LogP contribution in [-0.4, -0.2) is 41.8 Å². The van der Waals surface area contributed by atoms with Crippen LogP contribution in [0.2, 0.25) is 0 Å². The van der Waals surface area contributed by atoms with Gasteiger partial charge in [-0.25, -0.2) is 0 Å². The number of ether oxygens (including phenoxy) is 2. The SMILES string of the molecule is Cc1cc(NC(=O)CSCC(=O)OCCOc2ccccc2)no1. The normalized spacial score (nSPS) is 10.2. The number of aryl methyl sites for hydroxylation is 1. The molecule has 24 heavy (non-hydrogen) atoms. The molecule has 0 aliphatic rings. The molecule has 1 amide bonds. The Labute approximate surface area is 143 Å². The lowest BCUT2D eigenvalue weighted by atomic mass is 10.3. The number of rotatable bonds is 9. The van der Waals surface area contributed by atoms with Crippen molar-refractivity contribution in [1.82, 2.24) is 5.16 Å². The molecular weight excluding hydrogens is 332 g/mol. The van der Waals surface area contributed by atoms with Gasteiger partial charge in [0.2, 0.25) is 5.91 Å². The molecule has 8 heteroatoms. The van der Waals surface area contributed by atoms with E-state index in [0.717, 1.165) is 17.5 Å². The summed E-state index contributed by atoms with van der Waals surface area (Å²) in [5.74, 6) is 1.27. The molecule has 0 bridgehead atoms. The summed E-state index contributed by atoms with van der Waals surface area (Å²) in [5.41, 5.74) is 0. The summed E-state index contributed by atoms with van der Waals surface area (Å²) in [6.07, 6.45) is 0. The van der Waals surface area contributed by atoms with Crippen LogP contribution in [0.4, 0.5) is 5.82 Å². The van der Waals surface area contributed by atoms with Crippen molar-refractivity contribution >= 4 is 29.5 Å². The van der Waals surface area contributed by atoms with E-state index in [2.05, 4.69) is 10.5 Å². The topological polar surface area (TPSA) is 90.7 Å². The van der Waals surface area contributed by atoms with Crippen molar-refractivity contribution in [2.24, 2.45) is 0 Å². The first kappa shape index (κ1) is 17.9. The number of anilines is 1. The summed E-state index contributed by atoms with van der Waals surface area (Å²) in [5, 5.41) is 6.22. The highest BCUT2D eigenvalue weighted by Crippen LogP contribution is 2.09.